The summed E-state index contributed by atoms with van der Waals surface area (Å²) >= 11 is 0. The van der Waals surface area contributed by atoms with Crippen LogP contribution in [0.15, 0.2) is 41.4 Å². The van der Waals surface area contributed by atoms with Crippen molar-refractivity contribution in [2.75, 3.05) is 20.4 Å². The third kappa shape index (κ3) is 4.39. The highest BCUT2D eigenvalue weighted by molar-refractivity contribution is 5.79. The average molecular weight is 355 g/mol. The first-order valence-electron chi connectivity index (χ1n) is 8.75. The van der Waals surface area contributed by atoms with Gasteiger partial charge in [-0.3, -0.25) is 4.99 Å². The number of hydrogen-bond donors (Lipinski definition) is 2. The molecule has 0 atom stereocenters. The van der Waals surface area contributed by atoms with Crippen LogP contribution in [0.1, 0.15) is 23.6 Å². The topological polar surface area (TPSA) is 64.1 Å². The zero-order valence-electron chi connectivity index (χ0n) is 15.5. The van der Waals surface area contributed by atoms with Crippen molar-refractivity contribution in [2.24, 2.45) is 4.99 Å². The maximum absolute atomic E-state index is 5.58. The molecule has 0 bridgehead atoms. The Morgan fingerprint density at radius 3 is 2.42 bits per heavy atom. The van der Waals surface area contributed by atoms with E-state index in [-0.39, 0.29) is 6.79 Å². The van der Waals surface area contributed by atoms with E-state index < -0.39 is 0 Å². The lowest BCUT2D eigenvalue weighted by Gasteiger charge is -2.13. The highest BCUT2D eigenvalue weighted by Crippen LogP contribution is 2.32. The van der Waals surface area contributed by atoms with Crippen LogP contribution in [0.2, 0.25) is 0 Å². The molecule has 0 unspecified atom stereocenters. The Bertz CT molecular complexity index is 790. The first-order chi connectivity index (χ1) is 12.7. The van der Waals surface area contributed by atoms with Gasteiger partial charge < -0.3 is 24.8 Å². The van der Waals surface area contributed by atoms with Crippen LogP contribution >= 0.6 is 0 Å². The molecule has 0 amide bonds. The fourth-order valence-corrected chi connectivity index (χ4v) is 2.78. The van der Waals surface area contributed by atoms with Crippen molar-refractivity contribution in [2.45, 2.75) is 26.9 Å². The second-order valence-electron chi connectivity index (χ2n) is 6.00. The smallest absolute Gasteiger partial charge is 0.231 e. The van der Waals surface area contributed by atoms with E-state index in [4.69, 9.17) is 14.2 Å². The van der Waals surface area contributed by atoms with E-state index in [1.165, 1.54) is 5.56 Å². The molecule has 1 aliphatic rings. The second kappa shape index (κ2) is 8.47. The van der Waals surface area contributed by atoms with Crippen molar-refractivity contribution < 1.29 is 14.2 Å². The summed E-state index contributed by atoms with van der Waals surface area (Å²) in [4.78, 5) is 4.27. The molecular formula is C20H25N3O3. The summed E-state index contributed by atoms with van der Waals surface area (Å²) in [5.41, 5.74) is 3.42. The van der Waals surface area contributed by atoms with E-state index in [1.54, 1.807) is 7.05 Å². The van der Waals surface area contributed by atoms with Gasteiger partial charge in [-0.15, -0.1) is 0 Å². The minimum Gasteiger partial charge on any atom is -0.494 e. The number of rotatable bonds is 6. The molecule has 0 spiro atoms. The van der Waals surface area contributed by atoms with Crippen molar-refractivity contribution in [3.63, 3.8) is 0 Å². The van der Waals surface area contributed by atoms with Crippen LogP contribution in [0.5, 0.6) is 17.2 Å². The summed E-state index contributed by atoms with van der Waals surface area (Å²) in [5, 5.41) is 6.64. The van der Waals surface area contributed by atoms with Crippen LogP contribution in [-0.4, -0.2) is 26.4 Å². The number of ether oxygens (including phenoxy) is 3. The molecule has 0 saturated carbocycles. The van der Waals surface area contributed by atoms with E-state index in [9.17, 15) is 0 Å². The fraction of sp³-hybridized carbons (Fsp3) is 0.350. The molecule has 3 rings (SSSR count). The van der Waals surface area contributed by atoms with Crippen LogP contribution in [0.4, 0.5) is 0 Å². The highest BCUT2D eigenvalue weighted by atomic mass is 16.7. The Kier molecular flexibility index (Phi) is 5.84. The number of aliphatic imine (C=N–C) groups is 1. The van der Waals surface area contributed by atoms with Crippen LogP contribution in [0.25, 0.3) is 0 Å². The van der Waals surface area contributed by atoms with E-state index in [1.807, 2.05) is 31.2 Å². The monoisotopic (exact) mass is 355 g/mol. The van der Waals surface area contributed by atoms with Gasteiger partial charge in [-0.1, -0.05) is 18.2 Å². The predicted molar refractivity (Wildman–Crippen MR) is 102 cm³/mol. The normalized spacial score (nSPS) is 12.8. The molecule has 2 N–H and O–H groups in total. The molecule has 26 heavy (non-hydrogen) atoms. The Morgan fingerprint density at radius 1 is 1.04 bits per heavy atom. The van der Waals surface area contributed by atoms with Crippen molar-refractivity contribution in [3.05, 3.63) is 53.1 Å². The fourth-order valence-electron chi connectivity index (χ4n) is 2.78. The lowest BCUT2D eigenvalue weighted by Crippen LogP contribution is -2.36. The number of aryl methyl sites for hydroxylation is 1. The molecule has 0 aliphatic carbocycles. The standard InChI is InChI=1S/C20H25N3O3/c1-4-24-17-7-5-15(9-14(17)2)11-22-20(21-3)23-12-16-6-8-18-19(10-16)26-13-25-18/h5-10H,4,11-13H2,1-3H3,(H2,21,22,23). The molecule has 1 heterocycles. The van der Waals surface area contributed by atoms with Crippen LogP contribution < -0.4 is 24.8 Å². The maximum atomic E-state index is 5.58. The predicted octanol–water partition coefficient (Wildman–Crippen LogP) is 2.99. The molecular weight excluding hydrogens is 330 g/mol. The quantitative estimate of drug-likeness (QED) is 0.616. The molecule has 1 aliphatic heterocycles. The summed E-state index contributed by atoms with van der Waals surface area (Å²) < 4.78 is 16.3. The third-order valence-electron chi connectivity index (χ3n) is 4.12. The van der Waals surface area contributed by atoms with Gasteiger partial charge >= 0.3 is 0 Å². The highest BCUT2D eigenvalue weighted by Gasteiger charge is 2.13. The SMILES string of the molecule is CCOc1ccc(CNC(=NC)NCc2ccc3c(c2)OCO3)cc1C. The Balaban J connectivity index is 1.53. The van der Waals surface area contributed by atoms with Crippen molar-refractivity contribution in [1.82, 2.24) is 10.6 Å². The van der Waals surface area contributed by atoms with Crippen LogP contribution in [0.3, 0.4) is 0 Å². The number of nitrogens with zero attached hydrogens (tertiary/aromatic N) is 1. The summed E-state index contributed by atoms with van der Waals surface area (Å²) in [5.74, 6) is 3.26. The average Bonchev–Trinajstić information content (AvgIpc) is 3.12. The minimum absolute atomic E-state index is 0.289. The van der Waals surface area contributed by atoms with Crippen molar-refractivity contribution in [1.29, 1.82) is 0 Å². The van der Waals surface area contributed by atoms with Gasteiger partial charge in [-0.25, -0.2) is 0 Å². The summed E-state index contributed by atoms with van der Waals surface area (Å²) in [7, 11) is 1.76. The summed E-state index contributed by atoms with van der Waals surface area (Å²) in [6.07, 6.45) is 0. The van der Waals surface area contributed by atoms with Crippen molar-refractivity contribution in [3.8, 4) is 17.2 Å². The lowest BCUT2D eigenvalue weighted by molar-refractivity contribution is 0.174. The molecule has 6 nitrogen and oxygen atoms in total. The zero-order chi connectivity index (χ0) is 18.4. The maximum Gasteiger partial charge on any atom is 0.231 e. The molecule has 2 aromatic rings. The molecule has 2 aromatic carbocycles. The van der Waals surface area contributed by atoms with E-state index in [0.717, 1.165) is 34.3 Å². The van der Waals surface area contributed by atoms with Gasteiger partial charge in [0.1, 0.15) is 5.75 Å². The molecule has 0 aromatic heterocycles. The van der Waals surface area contributed by atoms with E-state index in [2.05, 4.69) is 34.7 Å². The molecule has 0 saturated heterocycles. The molecule has 0 fully saturated rings. The summed E-state index contributed by atoms with van der Waals surface area (Å²) in [6.45, 7) is 6.35. The first kappa shape index (κ1) is 17.9. The number of guanidine groups is 1. The third-order valence-corrected chi connectivity index (χ3v) is 4.12. The lowest BCUT2D eigenvalue weighted by atomic mass is 10.1. The van der Waals surface area contributed by atoms with Gasteiger partial charge in [-0.2, -0.15) is 0 Å². The molecule has 6 heteroatoms. The molecule has 138 valence electrons. The van der Waals surface area contributed by atoms with Crippen LogP contribution in [-0.2, 0) is 13.1 Å². The summed E-state index contributed by atoms with van der Waals surface area (Å²) in [6, 6.07) is 12.1. The van der Waals surface area contributed by atoms with Crippen molar-refractivity contribution >= 4 is 5.96 Å². The first-order valence-corrected chi connectivity index (χ1v) is 8.75. The van der Waals surface area contributed by atoms with Gasteiger partial charge in [0.2, 0.25) is 6.79 Å². The minimum atomic E-state index is 0.289. The van der Waals surface area contributed by atoms with Gasteiger partial charge in [-0.05, 0) is 48.7 Å². The second-order valence-corrected chi connectivity index (χ2v) is 6.00. The Labute approximate surface area is 154 Å². The molecule has 0 radical (unpaired) electrons. The van der Waals surface area contributed by atoms with Gasteiger partial charge in [0.25, 0.3) is 0 Å². The Hall–Kier alpha value is -2.89. The number of nitrogens with one attached hydrogen (secondary N) is 2. The van der Waals surface area contributed by atoms with E-state index in [0.29, 0.717) is 19.7 Å². The number of benzene rings is 2. The number of fused-ring (bicyclic) bond motifs is 1. The van der Waals surface area contributed by atoms with Gasteiger partial charge in [0.15, 0.2) is 17.5 Å². The van der Waals surface area contributed by atoms with Gasteiger partial charge in [0, 0.05) is 20.1 Å². The van der Waals surface area contributed by atoms with Crippen LogP contribution in [0, 0.1) is 6.92 Å². The van der Waals surface area contributed by atoms with Gasteiger partial charge in [0.05, 0.1) is 6.61 Å². The zero-order valence-corrected chi connectivity index (χ0v) is 15.5. The largest absolute Gasteiger partial charge is 0.494 e. The number of hydrogen-bond acceptors (Lipinski definition) is 4. The Morgan fingerprint density at radius 2 is 1.73 bits per heavy atom. The van der Waals surface area contributed by atoms with E-state index >= 15 is 0 Å².